The fraction of sp³-hybridized carbons (Fsp3) is 0.393. The number of hydrogen-bond donors (Lipinski definition) is 0. The summed E-state index contributed by atoms with van der Waals surface area (Å²) in [6.45, 7) is 8.12. The first-order chi connectivity index (χ1) is 16.8. The number of benzene rings is 3. The maximum absolute atomic E-state index is 13.3. The van der Waals surface area contributed by atoms with Crippen molar-refractivity contribution in [1.29, 1.82) is 0 Å². The highest BCUT2D eigenvalue weighted by molar-refractivity contribution is 7.89. The predicted octanol–water partition coefficient (Wildman–Crippen LogP) is 4.21. The first kappa shape index (κ1) is 23.8. The second kappa shape index (κ2) is 9.63. The topological polar surface area (TPSA) is 60.9 Å². The third kappa shape index (κ3) is 4.67. The molecule has 2 saturated heterocycles. The Bertz CT molecular complexity index is 1340. The minimum atomic E-state index is -3.57. The molecule has 0 aliphatic carbocycles. The summed E-state index contributed by atoms with van der Waals surface area (Å²) in [7, 11) is -3.57. The van der Waals surface area contributed by atoms with E-state index in [2.05, 4.69) is 36.9 Å². The molecule has 0 spiro atoms. The first-order valence-corrected chi connectivity index (χ1v) is 13.9. The van der Waals surface area contributed by atoms with Gasteiger partial charge in [-0.25, -0.2) is 8.42 Å². The van der Waals surface area contributed by atoms with Gasteiger partial charge in [0.1, 0.15) is 0 Å². The molecule has 0 bridgehead atoms. The molecule has 3 aromatic rings. The zero-order valence-corrected chi connectivity index (χ0v) is 21.3. The molecule has 35 heavy (non-hydrogen) atoms. The third-order valence-corrected chi connectivity index (χ3v) is 9.56. The van der Waals surface area contributed by atoms with Gasteiger partial charge in [-0.1, -0.05) is 42.5 Å². The van der Waals surface area contributed by atoms with Gasteiger partial charge >= 0.3 is 0 Å². The van der Waals surface area contributed by atoms with Gasteiger partial charge in [0.25, 0.3) is 0 Å². The van der Waals surface area contributed by atoms with E-state index in [0.717, 1.165) is 23.9 Å². The van der Waals surface area contributed by atoms with E-state index < -0.39 is 10.0 Å². The van der Waals surface area contributed by atoms with Crippen LogP contribution in [0, 0.1) is 19.8 Å². The Labute approximate surface area is 208 Å². The highest BCUT2D eigenvalue weighted by Crippen LogP contribution is 2.28. The van der Waals surface area contributed by atoms with Crippen molar-refractivity contribution < 1.29 is 13.2 Å². The number of carbonyl (C=O) groups is 1. The van der Waals surface area contributed by atoms with Crippen LogP contribution in [0.15, 0.2) is 65.6 Å². The summed E-state index contributed by atoms with van der Waals surface area (Å²) < 4.78 is 28.1. The molecule has 0 N–H and O–H groups in total. The van der Waals surface area contributed by atoms with E-state index in [0.29, 0.717) is 43.9 Å². The molecule has 0 radical (unpaired) electrons. The van der Waals surface area contributed by atoms with E-state index in [1.807, 2.05) is 35.2 Å². The van der Waals surface area contributed by atoms with E-state index in [9.17, 15) is 13.2 Å². The van der Waals surface area contributed by atoms with E-state index in [4.69, 9.17) is 0 Å². The van der Waals surface area contributed by atoms with Gasteiger partial charge in [-0.3, -0.25) is 4.79 Å². The molecule has 0 saturated carbocycles. The first-order valence-electron chi connectivity index (χ1n) is 12.4. The van der Waals surface area contributed by atoms with Gasteiger partial charge in [-0.15, -0.1) is 0 Å². The molecule has 0 atom stereocenters. The molecule has 1 amide bonds. The van der Waals surface area contributed by atoms with Crippen LogP contribution in [0.25, 0.3) is 10.8 Å². The smallest absolute Gasteiger partial charge is 0.243 e. The molecule has 7 heteroatoms. The number of fused-ring (bicyclic) bond motifs is 1. The van der Waals surface area contributed by atoms with Gasteiger partial charge in [0.2, 0.25) is 15.9 Å². The summed E-state index contributed by atoms with van der Waals surface area (Å²) in [5.41, 5.74) is 3.84. The van der Waals surface area contributed by atoms with E-state index >= 15 is 0 Å². The van der Waals surface area contributed by atoms with Gasteiger partial charge in [-0.05, 0) is 66.8 Å². The van der Waals surface area contributed by atoms with E-state index in [1.165, 1.54) is 16.8 Å². The van der Waals surface area contributed by atoms with Crippen molar-refractivity contribution in [2.75, 3.05) is 44.2 Å². The van der Waals surface area contributed by atoms with Crippen LogP contribution in [0.1, 0.15) is 24.0 Å². The van der Waals surface area contributed by atoms with Crippen molar-refractivity contribution in [3.8, 4) is 0 Å². The van der Waals surface area contributed by atoms with Crippen LogP contribution >= 0.6 is 0 Å². The molecule has 2 fully saturated rings. The lowest BCUT2D eigenvalue weighted by molar-refractivity contribution is -0.137. The zero-order valence-electron chi connectivity index (χ0n) is 20.5. The molecule has 2 heterocycles. The number of rotatable bonds is 4. The van der Waals surface area contributed by atoms with E-state index in [1.54, 1.807) is 16.4 Å². The lowest BCUT2D eigenvalue weighted by atomic mass is 9.96. The summed E-state index contributed by atoms with van der Waals surface area (Å²) in [6, 6.07) is 19.4. The van der Waals surface area contributed by atoms with Crippen molar-refractivity contribution in [1.82, 2.24) is 9.21 Å². The van der Waals surface area contributed by atoms with Crippen LogP contribution in [0.2, 0.25) is 0 Å². The quantitative estimate of drug-likeness (QED) is 0.549. The number of sulfonamides is 1. The van der Waals surface area contributed by atoms with Crippen LogP contribution in [0.5, 0.6) is 0 Å². The van der Waals surface area contributed by atoms with E-state index in [-0.39, 0.29) is 11.8 Å². The number of anilines is 1. The number of piperazine rings is 1. The second-order valence-electron chi connectivity index (χ2n) is 9.72. The molecule has 0 unspecified atom stereocenters. The third-order valence-electron chi connectivity index (χ3n) is 7.67. The van der Waals surface area contributed by atoms with Crippen LogP contribution in [0.3, 0.4) is 0 Å². The zero-order chi connectivity index (χ0) is 24.6. The second-order valence-corrected chi connectivity index (χ2v) is 11.7. The maximum atomic E-state index is 13.3. The van der Waals surface area contributed by atoms with Crippen molar-refractivity contribution >= 4 is 32.4 Å². The monoisotopic (exact) mass is 491 g/mol. The SMILES string of the molecule is Cc1cccc(N2CCN(C(=O)C3CCN(S(=O)(=O)c4ccc5ccccc5c4)CC3)CC2)c1C. The summed E-state index contributed by atoms with van der Waals surface area (Å²) in [5.74, 6) is 0.0682. The van der Waals surface area contributed by atoms with Crippen molar-refractivity contribution in [3.63, 3.8) is 0 Å². The van der Waals surface area contributed by atoms with Gasteiger partial charge in [0.15, 0.2) is 0 Å². The predicted molar refractivity (Wildman–Crippen MR) is 140 cm³/mol. The van der Waals surface area contributed by atoms with Crippen LogP contribution in [-0.2, 0) is 14.8 Å². The number of carbonyl (C=O) groups excluding carboxylic acids is 1. The normalized spacial score (nSPS) is 18.2. The Kier molecular flexibility index (Phi) is 6.55. The minimum absolute atomic E-state index is 0.106. The number of hydrogen-bond acceptors (Lipinski definition) is 4. The number of amides is 1. The van der Waals surface area contributed by atoms with Crippen LogP contribution in [0.4, 0.5) is 5.69 Å². The molecule has 6 nitrogen and oxygen atoms in total. The lowest BCUT2D eigenvalue weighted by Crippen LogP contribution is -2.52. The average molecular weight is 492 g/mol. The number of aryl methyl sites for hydroxylation is 1. The Balaban J connectivity index is 1.18. The largest absolute Gasteiger partial charge is 0.368 e. The highest BCUT2D eigenvalue weighted by Gasteiger charge is 2.34. The Morgan fingerprint density at radius 1 is 0.800 bits per heavy atom. The minimum Gasteiger partial charge on any atom is -0.368 e. The number of nitrogens with zero attached hydrogens (tertiary/aromatic N) is 3. The molecular weight excluding hydrogens is 458 g/mol. The fourth-order valence-electron chi connectivity index (χ4n) is 5.32. The van der Waals surface area contributed by atoms with Crippen LogP contribution < -0.4 is 4.90 Å². The maximum Gasteiger partial charge on any atom is 0.243 e. The molecule has 3 aromatic carbocycles. The molecule has 2 aliphatic heterocycles. The summed E-state index contributed by atoms with van der Waals surface area (Å²) in [6.07, 6.45) is 1.14. The molecule has 184 valence electrons. The Hall–Kier alpha value is -2.90. The number of piperidine rings is 1. The van der Waals surface area contributed by atoms with Crippen molar-refractivity contribution in [2.45, 2.75) is 31.6 Å². The summed E-state index contributed by atoms with van der Waals surface area (Å²) >= 11 is 0. The standard InChI is InChI=1S/C28H33N3O3S/c1-21-6-5-9-27(22(21)2)29-16-18-30(19-17-29)28(32)24-12-14-31(15-13-24)35(33,34)26-11-10-23-7-3-4-8-25(23)20-26/h3-11,20,24H,12-19H2,1-2H3. The van der Waals surface area contributed by atoms with Crippen LogP contribution in [-0.4, -0.2) is 62.8 Å². The molecule has 2 aliphatic rings. The fourth-order valence-corrected chi connectivity index (χ4v) is 6.83. The average Bonchev–Trinajstić information content (AvgIpc) is 2.90. The Morgan fingerprint density at radius 2 is 1.49 bits per heavy atom. The van der Waals surface area contributed by atoms with Crippen molar-refractivity contribution in [3.05, 3.63) is 71.8 Å². The summed E-state index contributed by atoms with van der Waals surface area (Å²) in [4.78, 5) is 17.9. The van der Waals surface area contributed by atoms with Crippen molar-refractivity contribution in [2.24, 2.45) is 5.92 Å². The van der Waals surface area contributed by atoms with Gasteiger partial charge < -0.3 is 9.80 Å². The van der Waals surface area contributed by atoms with Gasteiger partial charge in [0, 0.05) is 50.9 Å². The molecular formula is C28H33N3O3S. The van der Waals surface area contributed by atoms with Gasteiger partial charge in [0.05, 0.1) is 4.90 Å². The summed E-state index contributed by atoms with van der Waals surface area (Å²) in [5, 5.41) is 1.94. The highest BCUT2D eigenvalue weighted by atomic mass is 32.2. The molecule has 0 aromatic heterocycles. The lowest BCUT2D eigenvalue weighted by Gasteiger charge is -2.39. The Morgan fingerprint density at radius 3 is 2.20 bits per heavy atom. The molecule has 5 rings (SSSR count). The van der Waals surface area contributed by atoms with Gasteiger partial charge in [-0.2, -0.15) is 4.31 Å².